The summed E-state index contributed by atoms with van der Waals surface area (Å²) in [6.45, 7) is 0. The molecule has 0 fully saturated rings. The van der Waals surface area contributed by atoms with Crippen LogP contribution in [-0.2, 0) is 0 Å². The van der Waals surface area contributed by atoms with Gasteiger partial charge >= 0.3 is 0 Å². The van der Waals surface area contributed by atoms with Crippen LogP contribution < -0.4 is 0 Å². The Labute approximate surface area is 83.1 Å². The highest BCUT2D eigenvalue weighted by atomic mass is 32.2. The van der Waals surface area contributed by atoms with Crippen LogP contribution in [0.1, 0.15) is 4.79 Å². The zero-order chi connectivity index (χ0) is 9.54. The second kappa shape index (κ2) is 2.71. The van der Waals surface area contributed by atoms with E-state index in [1.54, 1.807) is 18.4 Å². The first-order valence-corrected chi connectivity index (χ1v) is 5.00. The third-order valence-electron chi connectivity index (χ3n) is 1.88. The molecule has 2 aromatic rings. The molecule has 0 saturated carbocycles. The molecule has 0 N–H and O–H groups in total. The van der Waals surface area contributed by atoms with Crippen LogP contribution in [0.5, 0.6) is 0 Å². The van der Waals surface area contributed by atoms with Crippen molar-refractivity contribution in [2.75, 3.05) is 5.75 Å². The highest BCUT2D eigenvalue weighted by Gasteiger charge is 2.24. The number of fused-ring (bicyclic) bond motifs is 1. The molecule has 5 nitrogen and oxygen atoms in total. The third kappa shape index (κ3) is 1.00. The number of nitrogens with zero attached hydrogens (tertiary/aromatic N) is 3. The van der Waals surface area contributed by atoms with E-state index in [0.29, 0.717) is 22.5 Å². The molecule has 0 aromatic carbocycles. The van der Waals surface area contributed by atoms with Crippen molar-refractivity contribution in [1.82, 2.24) is 14.8 Å². The Kier molecular flexibility index (Phi) is 1.51. The molecule has 0 radical (unpaired) electrons. The lowest BCUT2D eigenvalue weighted by atomic mass is 10.4. The van der Waals surface area contributed by atoms with Gasteiger partial charge in [0.1, 0.15) is 0 Å². The highest BCUT2D eigenvalue weighted by Crippen LogP contribution is 2.26. The predicted octanol–water partition coefficient (Wildman–Crippen LogP) is 1.28. The van der Waals surface area contributed by atoms with E-state index in [1.807, 2.05) is 0 Å². The van der Waals surface area contributed by atoms with Crippen LogP contribution in [0.3, 0.4) is 0 Å². The molecule has 0 spiro atoms. The summed E-state index contributed by atoms with van der Waals surface area (Å²) in [4.78, 5) is 15.4. The summed E-state index contributed by atoms with van der Waals surface area (Å²) in [5.74, 6) is 1.44. The first kappa shape index (κ1) is 7.81. The van der Waals surface area contributed by atoms with Gasteiger partial charge in [0.2, 0.25) is 5.82 Å². The Bertz CT molecular complexity index is 489. The van der Waals surface area contributed by atoms with E-state index in [2.05, 4.69) is 10.1 Å². The minimum Gasteiger partial charge on any atom is -0.461 e. The molecule has 3 heterocycles. The van der Waals surface area contributed by atoms with E-state index in [9.17, 15) is 4.79 Å². The van der Waals surface area contributed by atoms with Crippen LogP contribution in [0.15, 0.2) is 28.0 Å². The number of aromatic nitrogens is 3. The largest absolute Gasteiger partial charge is 0.461 e. The maximum Gasteiger partial charge on any atom is 0.259 e. The number of hydrogen-bond acceptors (Lipinski definition) is 5. The van der Waals surface area contributed by atoms with Crippen LogP contribution in [-0.4, -0.2) is 26.4 Å². The Morgan fingerprint density at radius 2 is 2.50 bits per heavy atom. The summed E-state index contributed by atoms with van der Waals surface area (Å²) in [5, 5.41) is 4.70. The van der Waals surface area contributed by atoms with Crippen molar-refractivity contribution in [3.8, 4) is 11.6 Å². The van der Waals surface area contributed by atoms with Gasteiger partial charge in [0.25, 0.3) is 5.91 Å². The minimum absolute atomic E-state index is 0.0321. The summed E-state index contributed by atoms with van der Waals surface area (Å²) in [7, 11) is 0. The second-order valence-corrected chi connectivity index (χ2v) is 3.73. The van der Waals surface area contributed by atoms with Gasteiger partial charge in [0.05, 0.1) is 12.0 Å². The predicted molar refractivity (Wildman–Crippen MR) is 49.1 cm³/mol. The van der Waals surface area contributed by atoms with Crippen molar-refractivity contribution in [1.29, 1.82) is 0 Å². The molecular weight excluding hydrogens is 202 g/mol. The number of carbonyl (C=O) groups is 1. The molecule has 0 bridgehead atoms. The normalized spacial score (nSPS) is 14.7. The van der Waals surface area contributed by atoms with Gasteiger partial charge in [0, 0.05) is 0 Å². The fourth-order valence-corrected chi connectivity index (χ4v) is 2.04. The van der Waals surface area contributed by atoms with Gasteiger partial charge in [-0.25, -0.2) is 0 Å². The lowest BCUT2D eigenvalue weighted by Crippen LogP contribution is -2.08. The molecule has 0 atom stereocenters. The van der Waals surface area contributed by atoms with Gasteiger partial charge in [-0.2, -0.15) is 9.67 Å². The Morgan fingerprint density at radius 1 is 1.57 bits per heavy atom. The molecule has 0 aliphatic carbocycles. The van der Waals surface area contributed by atoms with E-state index < -0.39 is 0 Å². The van der Waals surface area contributed by atoms with Crippen LogP contribution in [0.4, 0.5) is 0 Å². The van der Waals surface area contributed by atoms with Gasteiger partial charge in [-0.1, -0.05) is 11.8 Å². The average Bonchev–Trinajstić information content (AvgIpc) is 2.83. The number of carbonyl (C=O) groups excluding carboxylic acids is 1. The van der Waals surface area contributed by atoms with Gasteiger partial charge in [-0.3, -0.25) is 4.79 Å². The molecule has 2 aromatic heterocycles. The number of furan rings is 1. The number of rotatable bonds is 1. The van der Waals surface area contributed by atoms with E-state index in [1.165, 1.54) is 16.4 Å². The molecule has 3 rings (SSSR count). The quantitative estimate of drug-likeness (QED) is 0.705. The van der Waals surface area contributed by atoms with Gasteiger partial charge in [0.15, 0.2) is 10.9 Å². The lowest BCUT2D eigenvalue weighted by molar-refractivity contribution is 0.0923. The Balaban J connectivity index is 2.11. The molecule has 1 aliphatic rings. The maximum atomic E-state index is 11.3. The SMILES string of the molecule is O=C1CSc2nc(-c3ccco3)nn21. The summed E-state index contributed by atoms with van der Waals surface area (Å²) >= 11 is 1.39. The van der Waals surface area contributed by atoms with Crippen molar-refractivity contribution >= 4 is 17.7 Å². The fraction of sp³-hybridized carbons (Fsp3) is 0.125. The van der Waals surface area contributed by atoms with Crippen LogP contribution in [0.25, 0.3) is 11.6 Å². The zero-order valence-electron chi connectivity index (χ0n) is 7.01. The van der Waals surface area contributed by atoms with Gasteiger partial charge < -0.3 is 4.42 Å². The summed E-state index contributed by atoms with van der Waals surface area (Å²) < 4.78 is 6.45. The van der Waals surface area contributed by atoms with E-state index in [0.717, 1.165) is 0 Å². The first-order valence-electron chi connectivity index (χ1n) is 4.01. The van der Waals surface area contributed by atoms with Crippen molar-refractivity contribution < 1.29 is 9.21 Å². The minimum atomic E-state index is -0.0321. The maximum absolute atomic E-state index is 11.3. The van der Waals surface area contributed by atoms with Crippen molar-refractivity contribution in [2.45, 2.75) is 5.16 Å². The molecule has 0 unspecified atom stereocenters. The molecule has 70 valence electrons. The van der Waals surface area contributed by atoms with Crippen molar-refractivity contribution in [3.05, 3.63) is 18.4 Å². The number of thioether (sulfide) groups is 1. The standard InChI is InChI=1S/C8H5N3O2S/c12-6-4-14-8-9-7(10-11(6)8)5-2-1-3-13-5/h1-3H,4H2. The van der Waals surface area contributed by atoms with Crippen LogP contribution in [0, 0.1) is 0 Å². The highest BCUT2D eigenvalue weighted by molar-refractivity contribution is 8.00. The smallest absolute Gasteiger partial charge is 0.259 e. The van der Waals surface area contributed by atoms with Gasteiger partial charge in [-0.15, -0.1) is 5.10 Å². The molecule has 1 aliphatic heterocycles. The van der Waals surface area contributed by atoms with Gasteiger partial charge in [-0.05, 0) is 12.1 Å². The molecular formula is C8H5N3O2S. The third-order valence-corrected chi connectivity index (χ3v) is 2.79. The molecule has 14 heavy (non-hydrogen) atoms. The topological polar surface area (TPSA) is 60.9 Å². The first-order chi connectivity index (χ1) is 6.84. The number of hydrogen-bond donors (Lipinski definition) is 0. The summed E-state index contributed by atoms with van der Waals surface area (Å²) in [5.41, 5.74) is 0. The average molecular weight is 207 g/mol. The van der Waals surface area contributed by atoms with Crippen LogP contribution in [0.2, 0.25) is 0 Å². The second-order valence-electron chi connectivity index (χ2n) is 2.79. The summed E-state index contributed by atoms with van der Waals surface area (Å²) in [6.07, 6.45) is 1.55. The molecule has 0 amide bonds. The van der Waals surface area contributed by atoms with Crippen LogP contribution >= 0.6 is 11.8 Å². The van der Waals surface area contributed by atoms with E-state index >= 15 is 0 Å². The Morgan fingerprint density at radius 3 is 3.21 bits per heavy atom. The monoisotopic (exact) mass is 207 g/mol. The fourth-order valence-electron chi connectivity index (χ4n) is 1.25. The van der Waals surface area contributed by atoms with E-state index in [4.69, 9.17) is 4.42 Å². The van der Waals surface area contributed by atoms with Crippen molar-refractivity contribution in [3.63, 3.8) is 0 Å². The zero-order valence-corrected chi connectivity index (χ0v) is 7.82. The molecule has 0 saturated heterocycles. The van der Waals surface area contributed by atoms with Crippen molar-refractivity contribution in [2.24, 2.45) is 0 Å². The lowest BCUT2D eigenvalue weighted by Gasteiger charge is -1.87. The molecule has 6 heteroatoms. The Hall–Kier alpha value is -1.56. The van der Waals surface area contributed by atoms with E-state index in [-0.39, 0.29) is 5.91 Å². The summed E-state index contributed by atoms with van der Waals surface area (Å²) in [6, 6.07) is 3.52.